The fraction of sp³-hybridized carbons (Fsp3) is 0.333. The first-order valence-electron chi connectivity index (χ1n) is 4.07. The van der Waals surface area contributed by atoms with Crippen LogP contribution in [0.5, 0.6) is 0 Å². The van der Waals surface area contributed by atoms with E-state index in [0.717, 1.165) is 6.07 Å². The first-order chi connectivity index (χ1) is 6.88. The summed E-state index contributed by atoms with van der Waals surface area (Å²) >= 11 is 0. The number of benzene rings is 1. The Balaban J connectivity index is 0.00000225. The Hall–Kier alpha value is -0.850. The maximum absolute atomic E-state index is 12.9. The Morgan fingerprint density at radius 3 is 2.25 bits per heavy atom. The summed E-state index contributed by atoms with van der Waals surface area (Å²) in [4.78, 5) is 0. The molecule has 2 nitrogen and oxygen atoms in total. The Morgan fingerprint density at radius 1 is 1.25 bits per heavy atom. The van der Waals surface area contributed by atoms with Crippen molar-refractivity contribution in [2.24, 2.45) is 5.73 Å². The van der Waals surface area contributed by atoms with E-state index in [-0.39, 0.29) is 18.0 Å². The van der Waals surface area contributed by atoms with Crippen LogP contribution in [0.25, 0.3) is 0 Å². The van der Waals surface area contributed by atoms with Gasteiger partial charge in [0.1, 0.15) is 6.61 Å². The molecule has 1 aromatic carbocycles. The third kappa shape index (κ3) is 3.07. The van der Waals surface area contributed by atoms with Crippen LogP contribution < -0.4 is 5.73 Å². The lowest BCUT2D eigenvalue weighted by Crippen LogP contribution is -2.36. The van der Waals surface area contributed by atoms with Crippen molar-refractivity contribution in [2.75, 3.05) is 6.61 Å². The first kappa shape index (κ1) is 15.2. The summed E-state index contributed by atoms with van der Waals surface area (Å²) in [5.41, 5.74) is 4.83. The van der Waals surface area contributed by atoms with Gasteiger partial charge in [0.05, 0.1) is 6.04 Å². The third-order valence-corrected chi connectivity index (χ3v) is 1.97. The average Bonchev–Trinajstić information content (AvgIpc) is 2.21. The second-order valence-corrected chi connectivity index (χ2v) is 3.07. The van der Waals surface area contributed by atoms with Crippen molar-refractivity contribution in [3.05, 3.63) is 35.4 Å². The highest BCUT2D eigenvalue weighted by Crippen LogP contribution is 2.29. The number of hydrogen-bond acceptors (Lipinski definition) is 2. The van der Waals surface area contributed by atoms with Crippen LogP contribution in [0.15, 0.2) is 18.2 Å². The van der Waals surface area contributed by atoms with E-state index in [1.54, 1.807) is 0 Å². The topological polar surface area (TPSA) is 46.2 Å². The fourth-order valence-electron chi connectivity index (χ4n) is 1.05. The summed E-state index contributed by atoms with van der Waals surface area (Å²) in [6.45, 7) is -1.45. The van der Waals surface area contributed by atoms with Crippen molar-refractivity contribution in [1.82, 2.24) is 0 Å². The van der Waals surface area contributed by atoms with Crippen LogP contribution >= 0.6 is 12.4 Å². The molecule has 0 fully saturated rings. The van der Waals surface area contributed by atoms with Crippen LogP contribution in [-0.2, 0) is 0 Å². The first-order valence-corrected chi connectivity index (χ1v) is 4.07. The minimum atomic E-state index is -3.57. The molecule has 0 unspecified atom stereocenters. The highest BCUT2D eigenvalue weighted by molar-refractivity contribution is 5.85. The van der Waals surface area contributed by atoms with Crippen molar-refractivity contribution in [2.45, 2.75) is 12.0 Å². The molecule has 0 aliphatic rings. The maximum Gasteiger partial charge on any atom is 0.289 e. The largest absolute Gasteiger partial charge is 0.390 e. The lowest BCUT2D eigenvalue weighted by molar-refractivity contribution is -0.0712. The minimum absolute atomic E-state index is 0. The van der Waals surface area contributed by atoms with E-state index >= 15 is 0 Å². The van der Waals surface area contributed by atoms with Gasteiger partial charge in [-0.1, -0.05) is 6.07 Å². The van der Waals surface area contributed by atoms with Gasteiger partial charge < -0.3 is 10.8 Å². The maximum atomic E-state index is 12.9. The molecule has 0 aliphatic carbocycles. The summed E-state index contributed by atoms with van der Waals surface area (Å²) in [7, 11) is 0. The number of nitrogens with two attached hydrogens (primary N) is 1. The molecule has 1 aromatic rings. The highest BCUT2D eigenvalue weighted by Gasteiger charge is 2.37. The van der Waals surface area contributed by atoms with Gasteiger partial charge in [0, 0.05) is 0 Å². The minimum Gasteiger partial charge on any atom is -0.390 e. The molecule has 0 aromatic heterocycles. The molecule has 0 saturated heterocycles. The van der Waals surface area contributed by atoms with Crippen LogP contribution in [0.2, 0.25) is 0 Å². The number of alkyl halides is 2. The quantitative estimate of drug-likeness (QED) is 0.816. The molecular weight excluding hydrogens is 250 g/mol. The zero-order valence-corrected chi connectivity index (χ0v) is 8.78. The average molecular weight is 260 g/mol. The number of aliphatic hydroxyl groups is 1. The molecule has 0 bridgehead atoms. The van der Waals surface area contributed by atoms with Crippen molar-refractivity contribution in [3.63, 3.8) is 0 Å². The lowest BCUT2D eigenvalue weighted by atomic mass is 10.0. The Bertz CT molecular complexity index is 361. The number of halogens is 5. The van der Waals surface area contributed by atoms with Crippen molar-refractivity contribution < 1.29 is 22.7 Å². The van der Waals surface area contributed by atoms with E-state index in [2.05, 4.69) is 0 Å². The zero-order valence-electron chi connectivity index (χ0n) is 7.96. The van der Waals surface area contributed by atoms with Gasteiger partial charge in [-0.05, 0) is 17.7 Å². The van der Waals surface area contributed by atoms with E-state index in [9.17, 15) is 17.6 Å². The molecule has 92 valence electrons. The molecule has 0 amide bonds. The van der Waals surface area contributed by atoms with Gasteiger partial charge in [0.15, 0.2) is 11.6 Å². The van der Waals surface area contributed by atoms with Crippen molar-refractivity contribution >= 4 is 12.4 Å². The number of aliphatic hydroxyl groups excluding tert-OH is 1. The summed E-state index contributed by atoms with van der Waals surface area (Å²) in [6.07, 6.45) is 0. The van der Waals surface area contributed by atoms with Crippen LogP contribution in [0, 0.1) is 11.6 Å². The number of rotatable bonds is 3. The second kappa shape index (κ2) is 5.47. The standard InChI is InChI=1S/C9H9F4NO.ClH/c10-6-2-1-5(3-7(6)11)8(14)9(12,13)4-15;/h1-3,8,15H,4,14H2;1H/t8-;/m1./s1. The smallest absolute Gasteiger partial charge is 0.289 e. The molecule has 0 aliphatic heterocycles. The molecule has 1 rings (SSSR count). The van der Waals surface area contributed by atoms with Crippen molar-refractivity contribution in [1.29, 1.82) is 0 Å². The molecule has 1 atom stereocenters. The second-order valence-electron chi connectivity index (χ2n) is 3.07. The van der Waals surface area contributed by atoms with Gasteiger partial charge in [-0.15, -0.1) is 12.4 Å². The van der Waals surface area contributed by atoms with E-state index < -0.39 is 30.2 Å². The van der Waals surface area contributed by atoms with Gasteiger partial charge in [-0.25, -0.2) is 17.6 Å². The van der Waals surface area contributed by atoms with Gasteiger partial charge in [-0.3, -0.25) is 0 Å². The fourth-order valence-corrected chi connectivity index (χ4v) is 1.05. The Kier molecular flexibility index (Phi) is 5.18. The molecule has 3 N–H and O–H groups in total. The summed E-state index contributed by atoms with van der Waals surface area (Å²) in [5, 5.41) is 8.35. The predicted octanol–water partition coefficient (Wildman–Crippen LogP) is 2.01. The summed E-state index contributed by atoms with van der Waals surface area (Å²) < 4.78 is 50.9. The van der Waals surface area contributed by atoms with E-state index in [1.165, 1.54) is 0 Å². The molecule has 0 saturated carbocycles. The van der Waals surface area contributed by atoms with Gasteiger partial charge in [-0.2, -0.15) is 0 Å². The van der Waals surface area contributed by atoms with Crippen LogP contribution in [-0.4, -0.2) is 17.6 Å². The molecule has 16 heavy (non-hydrogen) atoms. The van der Waals surface area contributed by atoms with E-state index in [1.807, 2.05) is 0 Å². The van der Waals surface area contributed by atoms with E-state index in [0.29, 0.717) is 12.1 Å². The van der Waals surface area contributed by atoms with Crippen LogP contribution in [0.1, 0.15) is 11.6 Å². The van der Waals surface area contributed by atoms with Crippen molar-refractivity contribution in [3.8, 4) is 0 Å². The normalized spacial score (nSPS) is 13.1. The summed E-state index contributed by atoms with van der Waals surface area (Å²) in [5.74, 6) is -5.96. The van der Waals surface area contributed by atoms with Crippen LogP contribution in [0.3, 0.4) is 0 Å². The highest BCUT2D eigenvalue weighted by atomic mass is 35.5. The Morgan fingerprint density at radius 2 is 1.81 bits per heavy atom. The molecule has 0 radical (unpaired) electrons. The summed E-state index contributed by atoms with van der Waals surface area (Å²) in [6, 6.07) is 0.381. The van der Waals surface area contributed by atoms with Crippen LogP contribution in [0.4, 0.5) is 17.6 Å². The Labute approximate surface area is 95.5 Å². The van der Waals surface area contributed by atoms with Gasteiger partial charge in [0.2, 0.25) is 0 Å². The SMILES string of the molecule is Cl.N[C@H](c1ccc(F)c(F)c1)C(F)(F)CO. The third-order valence-electron chi connectivity index (χ3n) is 1.97. The molecule has 0 spiro atoms. The molecule has 7 heteroatoms. The monoisotopic (exact) mass is 259 g/mol. The lowest BCUT2D eigenvalue weighted by Gasteiger charge is -2.21. The predicted molar refractivity (Wildman–Crippen MR) is 52.6 cm³/mol. The molecular formula is C9H10ClF4NO. The zero-order chi connectivity index (χ0) is 11.6. The van der Waals surface area contributed by atoms with E-state index in [4.69, 9.17) is 10.8 Å². The van der Waals surface area contributed by atoms with Gasteiger partial charge in [0.25, 0.3) is 5.92 Å². The molecule has 0 heterocycles. The number of hydrogen-bond donors (Lipinski definition) is 2. The van der Waals surface area contributed by atoms with Gasteiger partial charge >= 0.3 is 0 Å².